The second-order valence-corrected chi connectivity index (χ2v) is 5.36. The van der Waals surface area contributed by atoms with E-state index in [4.69, 9.17) is 9.47 Å². The summed E-state index contributed by atoms with van der Waals surface area (Å²) >= 11 is 0. The van der Waals surface area contributed by atoms with Crippen LogP contribution in [0.2, 0.25) is 0 Å². The molecule has 10 heteroatoms. The Morgan fingerprint density at radius 2 is 1.86 bits per heavy atom. The third kappa shape index (κ3) is 5.27. The predicted molar refractivity (Wildman–Crippen MR) is 101 cm³/mol. The van der Waals surface area contributed by atoms with Crippen LogP contribution in [-0.4, -0.2) is 43.7 Å². The van der Waals surface area contributed by atoms with Gasteiger partial charge >= 0.3 is 0 Å². The summed E-state index contributed by atoms with van der Waals surface area (Å²) in [5, 5.41) is 17.0. The van der Waals surface area contributed by atoms with Gasteiger partial charge in [0, 0.05) is 11.6 Å². The number of rotatable bonds is 8. The quantitative estimate of drug-likeness (QED) is 0.401. The molecule has 0 aliphatic rings. The fourth-order valence-corrected chi connectivity index (χ4v) is 2.22. The summed E-state index contributed by atoms with van der Waals surface area (Å²) in [6.07, 6.45) is 1.16. The highest BCUT2D eigenvalue weighted by Crippen LogP contribution is 2.27. The summed E-state index contributed by atoms with van der Waals surface area (Å²) < 4.78 is 10.2. The van der Waals surface area contributed by atoms with Crippen LogP contribution in [0.5, 0.6) is 11.5 Å². The summed E-state index contributed by atoms with van der Waals surface area (Å²) in [5.74, 6) is -0.225. The normalized spacial score (nSPS) is 10.4. The van der Waals surface area contributed by atoms with E-state index in [0.717, 1.165) is 6.21 Å². The van der Waals surface area contributed by atoms with Crippen LogP contribution in [0.25, 0.3) is 0 Å². The van der Waals surface area contributed by atoms with E-state index in [1.165, 1.54) is 44.6 Å². The molecule has 0 unspecified atom stereocenters. The fourth-order valence-electron chi connectivity index (χ4n) is 2.22. The number of nitrogens with zero attached hydrogens (tertiary/aromatic N) is 2. The first-order chi connectivity index (χ1) is 13.5. The Hall–Kier alpha value is -3.95. The van der Waals surface area contributed by atoms with Gasteiger partial charge in [-0.15, -0.1) is 0 Å². The zero-order valence-corrected chi connectivity index (χ0v) is 15.2. The third-order valence-corrected chi connectivity index (χ3v) is 3.58. The Balaban J connectivity index is 1.91. The van der Waals surface area contributed by atoms with Crippen molar-refractivity contribution in [2.45, 2.75) is 0 Å². The molecule has 10 nitrogen and oxygen atoms in total. The fraction of sp³-hybridized carbons (Fsp3) is 0.167. The molecule has 0 saturated carbocycles. The molecule has 2 rings (SSSR count). The molecule has 2 aromatic carbocycles. The van der Waals surface area contributed by atoms with Crippen molar-refractivity contribution in [3.05, 3.63) is 63.7 Å². The number of hydrogen-bond acceptors (Lipinski definition) is 7. The standard InChI is InChI=1S/C18H18N4O6/c1-27-15-8-7-12(9-16(15)28-2)18(24)19-11-17(23)21-20-10-13-5-3-4-6-14(13)22(25)26/h3-10H,11H2,1-2H3,(H,19,24)(H,21,23). The summed E-state index contributed by atoms with van der Waals surface area (Å²) in [4.78, 5) is 34.3. The number of nitro groups is 1. The van der Waals surface area contributed by atoms with Crippen molar-refractivity contribution in [1.29, 1.82) is 0 Å². The Morgan fingerprint density at radius 3 is 2.54 bits per heavy atom. The average molecular weight is 386 g/mol. The number of amides is 2. The Bertz CT molecular complexity index is 913. The predicted octanol–water partition coefficient (Wildman–Crippen LogP) is 1.49. The molecular weight excluding hydrogens is 368 g/mol. The smallest absolute Gasteiger partial charge is 0.278 e. The molecule has 28 heavy (non-hydrogen) atoms. The van der Waals surface area contributed by atoms with E-state index in [1.54, 1.807) is 12.1 Å². The lowest BCUT2D eigenvalue weighted by molar-refractivity contribution is -0.385. The van der Waals surface area contributed by atoms with Crippen LogP contribution < -0.4 is 20.2 Å². The number of hydrogen-bond donors (Lipinski definition) is 2. The summed E-state index contributed by atoms with van der Waals surface area (Å²) in [6.45, 7) is -0.332. The summed E-state index contributed by atoms with van der Waals surface area (Å²) in [7, 11) is 2.93. The zero-order chi connectivity index (χ0) is 20.5. The van der Waals surface area contributed by atoms with E-state index >= 15 is 0 Å². The van der Waals surface area contributed by atoms with Gasteiger partial charge in [0.1, 0.15) is 0 Å². The minimum absolute atomic E-state index is 0.137. The van der Waals surface area contributed by atoms with E-state index in [-0.39, 0.29) is 23.4 Å². The SMILES string of the molecule is COc1ccc(C(=O)NCC(=O)NN=Cc2ccccc2[N+](=O)[O-])cc1OC. The van der Waals surface area contributed by atoms with E-state index < -0.39 is 16.7 Å². The van der Waals surface area contributed by atoms with Crippen molar-refractivity contribution < 1.29 is 24.0 Å². The van der Waals surface area contributed by atoms with Crippen LogP contribution >= 0.6 is 0 Å². The minimum atomic E-state index is -0.594. The van der Waals surface area contributed by atoms with Gasteiger partial charge in [0.2, 0.25) is 0 Å². The Labute approximate surface area is 160 Å². The molecule has 0 atom stereocenters. The first-order valence-electron chi connectivity index (χ1n) is 8.01. The van der Waals surface area contributed by atoms with Crippen LogP contribution in [0.15, 0.2) is 47.6 Å². The average Bonchev–Trinajstić information content (AvgIpc) is 2.71. The summed E-state index contributed by atoms with van der Waals surface area (Å²) in [5.41, 5.74) is 2.58. The van der Waals surface area contributed by atoms with Gasteiger partial charge < -0.3 is 14.8 Å². The number of benzene rings is 2. The lowest BCUT2D eigenvalue weighted by atomic mass is 10.2. The number of nitrogens with one attached hydrogen (secondary N) is 2. The van der Waals surface area contributed by atoms with E-state index in [2.05, 4.69) is 15.8 Å². The highest BCUT2D eigenvalue weighted by atomic mass is 16.6. The van der Waals surface area contributed by atoms with E-state index in [9.17, 15) is 19.7 Å². The van der Waals surface area contributed by atoms with Gasteiger partial charge in [0.05, 0.1) is 37.5 Å². The van der Waals surface area contributed by atoms with Crippen LogP contribution in [-0.2, 0) is 4.79 Å². The molecule has 0 saturated heterocycles. The van der Waals surface area contributed by atoms with Gasteiger partial charge in [-0.2, -0.15) is 5.10 Å². The van der Waals surface area contributed by atoms with Crippen LogP contribution in [0.1, 0.15) is 15.9 Å². The Morgan fingerprint density at radius 1 is 1.14 bits per heavy atom. The van der Waals surface area contributed by atoms with E-state index in [0.29, 0.717) is 11.5 Å². The van der Waals surface area contributed by atoms with Gasteiger partial charge in [-0.05, 0) is 24.3 Å². The largest absolute Gasteiger partial charge is 0.493 e. The lowest BCUT2D eigenvalue weighted by Crippen LogP contribution is -2.34. The number of carbonyl (C=O) groups excluding carboxylic acids is 2. The molecule has 0 spiro atoms. The molecule has 0 aliphatic carbocycles. The maximum absolute atomic E-state index is 12.1. The topological polar surface area (TPSA) is 132 Å². The van der Waals surface area contributed by atoms with Gasteiger partial charge in [-0.25, -0.2) is 5.43 Å². The van der Waals surface area contributed by atoms with Gasteiger partial charge in [0.15, 0.2) is 11.5 Å². The van der Waals surface area contributed by atoms with Crippen molar-refractivity contribution in [3.8, 4) is 11.5 Å². The van der Waals surface area contributed by atoms with Crippen molar-refractivity contribution in [2.75, 3.05) is 20.8 Å². The maximum Gasteiger partial charge on any atom is 0.278 e. The molecular formula is C18H18N4O6. The molecule has 0 fully saturated rings. The second kappa shape index (κ2) is 9.67. The molecule has 0 aliphatic heterocycles. The van der Waals surface area contributed by atoms with Crippen molar-refractivity contribution >= 4 is 23.7 Å². The van der Waals surface area contributed by atoms with Crippen LogP contribution in [0.3, 0.4) is 0 Å². The molecule has 2 amide bonds. The second-order valence-electron chi connectivity index (χ2n) is 5.36. The molecule has 2 N–H and O–H groups in total. The number of methoxy groups -OCH3 is 2. The highest BCUT2D eigenvalue weighted by Gasteiger charge is 2.12. The van der Waals surface area contributed by atoms with Crippen molar-refractivity contribution in [2.24, 2.45) is 5.10 Å². The molecule has 0 heterocycles. The first-order valence-corrected chi connectivity index (χ1v) is 8.01. The molecule has 2 aromatic rings. The monoisotopic (exact) mass is 386 g/mol. The lowest BCUT2D eigenvalue weighted by Gasteiger charge is -2.09. The molecule has 0 bridgehead atoms. The maximum atomic E-state index is 12.1. The van der Waals surface area contributed by atoms with Crippen LogP contribution in [0.4, 0.5) is 5.69 Å². The Kier molecular flexibility index (Phi) is 7.03. The van der Waals surface area contributed by atoms with Gasteiger partial charge in [0.25, 0.3) is 17.5 Å². The number of ether oxygens (including phenoxy) is 2. The number of para-hydroxylation sites is 1. The van der Waals surface area contributed by atoms with Crippen LogP contribution in [0, 0.1) is 10.1 Å². The molecule has 146 valence electrons. The van der Waals surface area contributed by atoms with Crippen molar-refractivity contribution in [3.63, 3.8) is 0 Å². The van der Waals surface area contributed by atoms with Crippen molar-refractivity contribution in [1.82, 2.24) is 10.7 Å². The van der Waals surface area contributed by atoms with E-state index in [1.807, 2.05) is 0 Å². The number of nitro benzene ring substituents is 1. The number of hydrazone groups is 1. The molecule has 0 radical (unpaired) electrons. The minimum Gasteiger partial charge on any atom is -0.493 e. The van der Waals surface area contributed by atoms with Gasteiger partial charge in [-0.1, -0.05) is 12.1 Å². The first kappa shape index (κ1) is 20.4. The summed E-state index contributed by atoms with van der Waals surface area (Å²) in [6, 6.07) is 10.5. The number of carbonyl (C=O) groups is 2. The highest BCUT2D eigenvalue weighted by molar-refractivity contribution is 5.97. The third-order valence-electron chi connectivity index (χ3n) is 3.58. The van der Waals surface area contributed by atoms with Gasteiger partial charge in [-0.3, -0.25) is 19.7 Å². The molecule has 0 aromatic heterocycles. The zero-order valence-electron chi connectivity index (χ0n) is 15.2.